The Bertz CT molecular complexity index is 491. The summed E-state index contributed by atoms with van der Waals surface area (Å²) in [5, 5.41) is 10.2. The van der Waals surface area contributed by atoms with Crippen LogP contribution in [0.1, 0.15) is 17.5 Å². The first-order chi connectivity index (χ1) is 10.3. The Morgan fingerprint density at radius 2 is 1.48 bits per heavy atom. The molecule has 1 saturated heterocycles. The third-order valence-electron chi connectivity index (χ3n) is 4.21. The highest BCUT2D eigenvalue weighted by molar-refractivity contribution is 5.16. The van der Waals surface area contributed by atoms with Gasteiger partial charge in [-0.3, -0.25) is 4.90 Å². The molecule has 3 rings (SSSR count). The van der Waals surface area contributed by atoms with E-state index in [1.165, 1.54) is 11.1 Å². The van der Waals surface area contributed by atoms with Crippen molar-refractivity contribution in [3.05, 3.63) is 71.8 Å². The van der Waals surface area contributed by atoms with Crippen molar-refractivity contribution in [2.24, 2.45) is 5.92 Å². The zero-order valence-electron chi connectivity index (χ0n) is 12.4. The summed E-state index contributed by atoms with van der Waals surface area (Å²) in [7, 11) is 0. The van der Waals surface area contributed by atoms with E-state index in [-0.39, 0.29) is 6.10 Å². The molecular weight excluding hydrogens is 258 g/mol. The molecule has 2 nitrogen and oxygen atoms in total. The summed E-state index contributed by atoms with van der Waals surface area (Å²) in [4.78, 5) is 2.39. The number of nitrogens with zero attached hydrogens (tertiary/aromatic N) is 1. The standard InChI is InChI=1S/C19H23NO/c21-19-12-18(11-16-7-3-1-4-8-16)14-20(15-19)13-17-9-5-2-6-10-17/h1-10,18-19,21H,11-15H2/t18-,19-/m1/s1. The van der Waals surface area contributed by atoms with Crippen molar-refractivity contribution in [1.82, 2.24) is 4.90 Å². The first-order valence-corrected chi connectivity index (χ1v) is 7.78. The number of aliphatic hydroxyl groups excluding tert-OH is 1. The van der Waals surface area contributed by atoms with Gasteiger partial charge >= 0.3 is 0 Å². The number of β-amino-alcohol motifs (C(OH)–C–C–N with tert-alkyl or cyclic N) is 1. The molecule has 0 unspecified atom stereocenters. The Balaban J connectivity index is 1.62. The van der Waals surface area contributed by atoms with Gasteiger partial charge in [0.25, 0.3) is 0 Å². The number of rotatable bonds is 4. The summed E-state index contributed by atoms with van der Waals surface area (Å²) in [5.41, 5.74) is 2.70. The quantitative estimate of drug-likeness (QED) is 0.931. The average Bonchev–Trinajstić information content (AvgIpc) is 2.48. The minimum atomic E-state index is -0.198. The van der Waals surface area contributed by atoms with Crippen LogP contribution in [0.15, 0.2) is 60.7 Å². The molecule has 2 aromatic rings. The summed E-state index contributed by atoms with van der Waals surface area (Å²) in [6.07, 6.45) is 1.78. The monoisotopic (exact) mass is 281 g/mol. The lowest BCUT2D eigenvalue weighted by Gasteiger charge is -2.36. The predicted molar refractivity (Wildman–Crippen MR) is 86.0 cm³/mol. The lowest BCUT2D eigenvalue weighted by Crippen LogP contribution is -2.43. The molecule has 2 atom stereocenters. The molecule has 0 bridgehead atoms. The summed E-state index contributed by atoms with van der Waals surface area (Å²) >= 11 is 0. The van der Waals surface area contributed by atoms with E-state index in [1.54, 1.807) is 0 Å². The first-order valence-electron chi connectivity index (χ1n) is 7.78. The van der Waals surface area contributed by atoms with Crippen LogP contribution >= 0.6 is 0 Å². The van der Waals surface area contributed by atoms with Crippen molar-refractivity contribution in [2.45, 2.75) is 25.5 Å². The van der Waals surface area contributed by atoms with E-state index in [0.717, 1.165) is 32.5 Å². The molecule has 110 valence electrons. The van der Waals surface area contributed by atoms with Gasteiger partial charge in [0.1, 0.15) is 0 Å². The molecule has 0 amide bonds. The van der Waals surface area contributed by atoms with Crippen molar-refractivity contribution in [3.8, 4) is 0 Å². The van der Waals surface area contributed by atoms with Gasteiger partial charge in [0, 0.05) is 19.6 Å². The lowest BCUT2D eigenvalue weighted by molar-refractivity contribution is 0.0360. The third-order valence-corrected chi connectivity index (χ3v) is 4.21. The van der Waals surface area contributed by atoms with Gasteiger partial charge in [-0.15, -0.1) is 0 Å². The lowest BCUT2D eigenvalue weighted by atomic mass is 9.89. The molecule has 0 aliphatic carbocycles. The first kappa shape index (κ1) is 14.3. The van der Waals surface area contributed by atoms with Gasteiger partial charge in [-0.05, 0) is 29.9 Å². The summed E-state index contributed by atoms with van der Waals surface area (Å²) < 4.78 is 0. The van der Waals surface area contributed by atoms with Crippen molar-refractivity contribution < 1.29 is 5.11 Å². The molecule has 2 aromatic carbocycles. The predicted octanol–water partition coefficient (Wildman–Crippen LogP) is 3.11. The molecule has 1 aliphatic rings. The zero-order chi connectivity index (χ0) is 14.5. The Morgan fingerprint density at radius 3 is 2.14 bits per heavy atom. The van der Waals surface area contributed by atoms with Gasteiger partial charge in [0.05, 0.1) is 6.10 Å². The van der Waals surface area contributed by atoms with E-state index in [9.17, 15) is 5.11 Å². The van der Waals surface area contributed by atoms with Crippen LogP contribution in [0.3, 0.4) is 0 Å². The third kappa shape index (κ3) is 4.16. The number of likely N-dealkylation sites (tertiary alicyclic amines) is 1. The molecule has 0 spiro atoms. The number of aliphatic hydroxyl groups is 1. The maximum absolute atomic E-state index is 10.2. The van der Waals surface area contributed by atoms with E-state index >= 15 is 0 Å². The Hall–Kier alpha value is -1.64. The molecule has 1 N–H and O–H groups in total. The summed E-state index contributed by atoms with van der Waals surface area (Å²) in [6, 6.07) is 21.1. The van der Waals surface area contributed by atoms with Crippen molar-refractivity contribution in [1.29, 1.82) is 0 Å². The van der Waals surface area contributed by atoms with E-state index in [0.29, 0.717) is 5.92 Å². The average molecular weight is 281 g/mol. The van der Waals surface area contributed by atoms with Gasteiger partial charge in [0.2, 0.25) is 0 Å². The van der Waals surface area contributed by atoms with E-state index in [1.807, 2.05) is 6.07 Å². The number of hydrogen-bond donors (Lipinski definition) is 1. The highest BCUT2D eigenvalue weighted by Crippen LogP contribution is 2.22. The highest BCUT2D eigenvalue weighted by atomic mass is 16.3. The van der Waals surface area contributed by atoms with Gasteiger partial charge in [-0.1, -0.05) is 60.7 Å². The van der Waals surface area contributed by atoms with Gasteiger partial charge in [-0.2, -0.15) is 0 Å². The Morgan fingerprint density at radius 1 is 0.857 bits per heavy atom. The number of benzene rings is 2. The van der Waals surface area contributed by atoms with Crippen LogP contribution < -0.4 is 0 Å². The van der Waals surface area contributed by atoms with Gasteiger partial charge in [0.15, 0.2) is 0 Å². The minimum absolute atomic E-state index is 0.198. The molecule has 1 heterocycles. The SMILES string of the molecule is O[C@@H]1C[C@@H](Cc2ccccc2)CN(Cc2ccccc2)C1. The van der Waals surface area contributed by atoms with Crippen LogP contribution in [-0.4, -0.2) is 29.2 Å². The molecule has 0 radical (unpaired) electrons. The second-order valence-corrected chi connectivity index (χ2v) is 6.12. The van der Waals surface area contributed by atoms with Gasteiger partial charge in [-0.25, -0.2) is 0 Å². The van der Waals surface area contributed by atoms with Gasteiger partial charge < -0.3 is 5.11 Å². The number of hydrogen-bond acceptors (Lipinski definition) is 2. The molecule has 2 heteroatoms. The van der Waals surface area contributed by atoms with Crippen molar-refractivity contribution in [2.75, 3.05) is 13.1 Å². The number of piperidine rings is 1. The molecule has 1 fully saturated rings. The fraction of sp³-hybridized carbons (Fsp3) is 0.368. The fourth-order valence-corrected chi connectivity index (χ4v) is 3.34. The van der Waals surface area contributed by atoms with Crippen LogP contribution in [0.5, 0.6) is 0 Å². The molecular formula is C19H23NO. The van der Waals surface area contributed by atoms with Crippen LogP contribution in [0.2, 0.25) is 0 Å². The molecule has 1 aliphatic heterocycles. The minimum Gasteiger partial charge on any atom is -0.392 e. The topological polar surface area (TPSA) is 23.5 Å². The fourth-order valence-electron chi connectivity index (χ4n) is 3.34. The molecule has 0 saturated carbocycles. The molecule has 21 heavy (non-hydrogen) atoms. The summed E-state index contributed by atoms with van der Waals surface area (Å²) in [5.74, 6) is 0.542. The van der Waals surface area contributed by atoms with E-state index in [2.05, 4.69) is 59.5 Å². The Kier molecular flexibility index (Phi) is 4.69. The van der Waals surface area contributed by atoms with Crippen LogP contribution in [0.25, 0.3) is 0 Å². The zero-order valence-corrected chi connectivity index (χ0v) is 12.4. The second kappa shape index (κ2) is 6.88. The van der Waals surface area contributed by atoms with Crippen LogP contribution in [0.4, 0.5) is 0 Å². The van der Waals surface area contributed by atoms with Crippen molar-refractivity contribution >= 4 is 0 Å². The maximum atomic E-state index is 10.2. The summed E-state index contributed by atoms with van der Waals surface area (Å²) in [6.45, 7) is 2.80. The van der Waals surface area contributed by atoms with Crippen LogP contribution in [-0.2, 0) is 13.0 Å². The van der Waals surface area contributed by atoms with Crippen LogP contribution in [0, 0.1) is 5.92 Å². The highest BCUT2D eigenvalue weighted by Gasteiger charge is 2.25. The largest absolute Gasteiger partial charge is 0.392 e. The van der Waals surface area contributed by atoms with Crippen molar-refractivity contribution in [3.63, 3.8) is 0 Å². The second-order valence-electron chi connectivity index (χ2n) is 6.12. The van der Waals surface area contributed by atoms with E-state index < -0.39 is 0 Å². The maximum Gasteiger partial charge on any atom is 0.0670 e. The van der Waals surface area contributed by atoms with E-state index in [4.69, 9.17) is 0 Å². The Labute approximate surface area is 127 Å². The normalized spacial score (nSPS) is 23.1. The molecule has 0 aromatic heterocycles. The smallest absolute Gasteiger partial charge is 0.0670 e.